The maximum atomic E-state index is 13.2. The molecule has 0 saturated heterocycles. The van der Waals surface area contributed by atoms with Gasteiger partial charge in [0.05, 0.1) is 17.7 Å². The molecule has 0 aliphatic carbocycles. The predicted molar refractivity (Wildman–Crippen MR) is 126 cm³/mol. The first-order valence-corrected chi connectivity index (χ1v) is 11.3. The van der Waals surface area contributed by atoms with Gasteiger partial charge in [-0.3, -0.25) is 4.79 Å². The Morgan fingerprint density at radius 1 is 0.939 bits per heavy atom. The third-order valence-electron chi connectivity index (χ3n) is 5.75. The standard InChI is InChI=1S/C27H34O6/c1-6-12-22(28)32-17-27(4,5)23(18(2)3)24(19-13-8-7-9-14-19)33-26(31)21-16-11-10-15-20(21)25(29)30/h7-11,13-16,18,23-24H,6,12,17H2,1-5H3,(H,29,30). The van der Waals surface area contributed by atoms with Gasteiger partial charge in [0, 0.05) is 17.8 Å². The molecule has 0 spiro atoms. The first-order chi connectivity index (χ1) is 15.6. The highest BCUT2D eigenvalue weighted by Gasteiger charge is 2.42. The molecule has 1 N–H and O–H groups in total. The maximum absolute atomic E-state index is 13.2. The number of aromatic carboxylic acids is 1. The Hall–Kier alpha value is -3.15. The highest BCUT2D eigenvalue weighted by molar-refractivity contribution is 6.02. The van der Waals surface area contributed by atoms with Crippen LogP contribution in [0.15, 0.2) is 54.6 Å². The van der Waals surface area contributed by atoms with Crippen LogP contribution in [0.5, 0.6) is 0 Å². The SMILES string of the molecule is CCCC(=O)OCC(C)(C)C(C(C)C)C(OC(=O)c1ccccc1C(=O)O)c1ccccc1. The lowest BCUT2D eigenvalue weighted by Crippen LogP contribution is -2.39. The number of carboxylic acids is 1. The summed E-state index contributed by atoms with van der Waals surface area (Å²) in [5.74, 6) is -2.29. The van der Waals surface area contributed by atoms with Crippen LogP contribution in [-0.2, 0) is 14.3 Å². The number of carbonyl (C=O) groups excluding carboxylic acids is 2. The molecule has 0 aliphatic rings. The quantitative estimate of drug-likeness (QED) is 0.424. The number of hydrogen-bond donors (Lipinski definition) is 1. The molecule has 2 rings (SSSR count). The van der Waals surface area contributed by atoms with Gasteiger partial charge in [-0.15, -0.1) is 0 Å². The van der Waals surface area contributed by atoms with Gasteiger partial charge in [0.25, 0.3) is 0 Å². The number of carbonyl (C=O) groups is 3. The minimum Gasteiger partial charge on any atom is -0.478 e. The number of carboxylic acid groups (broad SMARTS) is 1. The maximum Gasteiger partial charge on any atom is 0.339 e. The Morgan fingerprint density at radius 3 is 2.06 bits per heavy atom. The largest absolute Gasteiger partial charge is 0.478 e. The van der Waals surface area contributed by atoms with E-state index < -0.39 is 23.5 Å². The fourth-order valence-electron chi connectivity index (χ4n) is 4.32. The average Bonchev–Trinajstić information content (AvgIpc) is 2.77. The van der Waals surface area contributed by atoms with Gasteiger partial charge in [-0.1, -0.05) is 77.1 Å². The van der Waals surface area contributed by atoms with E-state index in [1.807, 2.05) is 65.0 Å². The number of esters is 2. The van der Waals surface area contributed by atoms with Crippen molar-refractivity contribution in [3.63, 3.8) is 0 Å². The highest BCUT2D eigenvalue weighted by Crippen LogP contribution is 2.44. The lowest BCUT2D eigenvalue weighted by molar-refractivity contribution is -0.150. The summed E-state index contributed by atoms with van der Waals surface area (Å²) in [5, 5.41) is 9.50. The van der Waals surface area contributed by atoms with Crippen LogP contribution in [-0.4, -0.2) is 29.6 Å². The molecule has 0 fully saturated rings. The average molecular weight is 455 g/mol. The molecular formula is C27H34O6. The van der Waals surface area contributed by atoms with E-state index in [2.05, 4.69) is 0 Å². The van der Waals surface area contributed by atoms with E-state index in [-0.39, 0.29) is 35.5 Å². The first-order valence-electron chi connectivity index (χ1n) is 11.3. The zero-order valence-electron chi connectivity index (χ0n) is 20.0. The summed E-state index contributed by atoms with van der Waals surface area (Å²) in [6.07, 6.45) is 0.395. The smallest absolute Gasteiger partial charge is 0.339 e. The van der Waals surface area contributed by atoms with Gasteiger partial charge in [0.1, 0.15) is 6.10 Å². The molecule has 0 saturated carbocycles. The molecular weight excluding hydrogens is 420 g/mol. The van der Waals surface area contributed by atoms with Crippen molar-refractivity contribution in [1.29, 1.82) is 0 Å². The van der Waals surface area contributed by atoms with Gasteiger partial charge in [-0.25, -0.2) is 9.59 Å². The normalized spacial score (nSPS) is 13.3. The van der Waals surface area contributed by atoms with E-state index >= 15 is 0 Å². The van der Waals surface area contributed by atoms with Crippen LogP contribution in [0.3, 0.4) is 0 Å². The van der Waals surface area contributed by atoms with Crippen LogP contribution < -0.4 is 0 Å². The summed E-state index contributed by atoms with van der Waals surface area (Å²) in [6, 6.07) is 15.4. The lowest BCUT2D eigenvalue weighted by Gasteiger charge is -2.41. The third-order valence-corrected chi connectivity index (χ3v) is 5.75. The van der Waals surface area contributed by atoms with Crippen molar-refractivity contribution >= 4 is 17.9 Å². The zero-order valence-corrected chi connectivity index (χ0v) is 20.0. The molecule has 6 nitrogen and oxygen atoms in total. The second-order valence-electron chi connectivity index (χ2n) is 9.26. The van der Waals surface area contributed by atoms with E-state index in [1.54, 1.807) is 12.1 Å². The summed E-state index contributed by atoms with van der Waals surface area (Å²) >= 11 is 0. The molecule has 0 bridgehead atoms. The van der Waals surface area contributed by atoms with Crippen molar-refractivity contribution in [2.24, 2.45) is 17.3 Å². The zero-order chi connectivity index (χ0) is 24.6. The van der Waals surface area contributed by atoms with Gasteiger partial charge < -0.3 is 14.6 Å². The summed E-state index contributed by atoms with van der Waals surface area (Å²) in [6.45, 7) is 10.2. The van der Waals surface area contributed by atoms with Crippen LogP contribution in [0.2, 0.25) is 0 Å². The highest BCUT2D eigenvalue weighted by atomic mass is 16.5. The van der Waals surface area contributed by atoms with E-state index in [9.17, 15) is 19.5 Å². The molecule has 0 aromatic heterocycles. The fourth-order valence-corrected chi connectivity index (χ4v) is 4.32. The Balaban J connectivity index is 2.44. The van der Waals surface area contributed by atoms with Gasteiger partial charge in [0.15, 0.2) is 0 Å². The Labute approximate surface area is 195 Å². The van der Waals surface area contributed by atoms with E-state index in [0.29, 0.717) is 12.8 Å². The summed E-state index contributed by atoms with van der Waals surface area (Å²) in [5.41, 5.74) is 0.166. The molecule has 6 heteroatoms. The van der Waals surface area contributed by atoms with Crippen molar-refractivity contribution in [2.75, 3.05) is 6.61 Å². The molecule has 33 heavy (non-hydrogen) atoms. The molecule has 0 amide bonds. The second kappa shape index (κ2) is 11.6. The van der Waals surface area contributed by atoms with Crippen molar-refractivity contribution in [3.05, 3.63) is 71.3 Å². The molecule has 2 aromatic rings. The summed E-state index contributed by atoms with van der Waals surface area (Å²) in [4.78, 5) is 36.8. The third kappa shape index (κ3) is 6.91. The van der Waals surface area contributed by atoms with Crippen LogP contribution in [0.25, 0.3) is 0 Å². The van der Waals surface area contributed by atoms with E-state index in [0.717, 1.165) is 5.56 Å². The van der Waals surface area contributed by atoms with E-state index in [1.165, 1.54) is 12.1 Å². The minimum atomic E-state index is -1.19. The number of hydrogen-bond acceptors (Lipinski definition) is 5. The van der Waals surface area contributed by atoms with Crippen LogP contribution >= 0.6 is 0 Å². The van der Waals surface area contributed by atoms with Crippen LogP contribution in [0, 0.1) is 17.3 Å². The Kier molecular flexibility index (Phi) is 9.21. The van der Waals surface area contributed by atoms with Crippen molar-refractivity contribution in [1.82, 2.24) is 0 Å². The summed E-state index contributed by atoms with van der Waals surface area (Å²) in [7, 11) is 0. The topological polar surface area (TPSA) is 89.9 Å². The van der Waals surface area contributed by atoms with Gasteiger partial charge >= 0.3 is 17.9 Å². The van der Waals surface area contributed by atoms with E-state index in [4.69, 9.17) is 9.47 Å². The van der Waals surface area contributed by atoms with Crippen molar-refractivity contribution in [3.8, 4) is 0 Å². The number of rotatable bonds is 11. The fraction of sp³-hybridized carbons (Fsp3) is 0.444. The number of benzene rings is 2. The van der Waals surface area contributed by atoms with Crippen LogP contribution in [0.4, 0.5) is 0 Å². The first kappa shape index (κ1) is 26.1. The lowest BCUT2D eigenvalue weighted by atomic mass is 9.69. The minimum absolute atomic E-state index is 0.000571. The van der Waals surface area contributed by atoms with Gasteiger partial charge in [-0.05, 0) is 30.0 Å². The predicted octanol–water partition coefficient (Wildman–Crippen LogP) is 5.92. The molecule has 0 heterocycles. The van der Waals surface area contributed by atoms with Gasteiger partial charge in [0.2, 0.25) is 0 Å². The number of ether oxygens (including phenoxy) is 2. The monoisotopic (exact) mass is 454 g/mol. The Morgan fingerprint density at radius 2 is 1.52 bits per heavy atom. The summed E-state index contributed by atoms with van der Waals surface area (Å²) < 4.78 is 11.6. The van der Waals surface area contributed by atoms with Crippen molar-refractivity contribution < 1.29 is 29.0 Å². The Bertz CT molecular complexity index is 948. The molecule has 178 valence electrons. The second-order valence-corrected chi connectivity index (χ2v) is 9.26. The molecule has 0 aliphatic heterocycles. The molecule has 2 unspecified atom stereocenters. The van der Waals surface area contributed by atoms with Crippen molar-refractivity contribution in [2.45, 2.75) is 53.6 Å². The van der Waals surface area contributed by atoms with Crippen LogP contribution in [0.1, 0.15) is 79.8 Å². The molecule has 2 aromatic carbocycles. The van der Waals surface area contributed by atoms with Gasteiger partial charge in [-0.2, -0.15) is 0 Å². The molecule has 2 atom stereocenters. The molecule has 0 radical (unpaired) electrons.